The van der Waals surface area contributed by atoms with E-state index >= 15 is 0 Å². The first kappa shape index (κ1) is 12.9. The number of nitrogens with one attached hydrogen (secondary N) is 1. The molecule has 4 heteroatoms. The zero-order chi connectivity index (χ0) is 13.1. The van der Waals surface area contributed by atoms with Gasteiger partial charge >= 0.3 is 0 Å². The van der Waals surface area contributed by atoms with Gasteiger partial charge in [0, 0.05) is 24.3 Å². The lowest BCUT2D eigenvalue weighted by Gasteiger charge is -2.33. The molecule has 2 aliphatic rings. The number of piperidine rings is 1. The van der Waals surface area contributed by atoms with Crippen molar-refractivity contribution in [1.82, 2.24) is 15.3 Å². The van der Waals surface area contributed by atoms with Gasteiger partial charge in [0.2, 0.25) is 0 Å². The summed E-state index contributed by atoms with van der Waals surface area (Å²) in [6.45, 7) is 6.74. The smallest absolute Gasteiger partial charge is 0.135 e. The van der Waals surface area contributed by atoms with Crippen LogP contribution in [0.15, 0.2) is 6.33 Å². The average Bonchev–Trinajstić information content (AvgIpc) is 2.94. The summed E-state index contributed by atoms with van der Waals surface area (Å²) in [4.78, 5) is 11.5. The summed E-state index contributed by atoms with van der Waals surface area (Å²) in [5, 5.41) is 3.47. The Kier molecular flexibility index (Phi) is 3.97. The normalized spacial score (nSPS) is 19.7. The van der Waals surface area contributed by atoms with Gasteiger partial charge in [0.15, 0.2) is 0 Å². The summed E-state index contributed by atoms with van der Waals surface area (Å²) in [6.07, 6.45) is 7.88. The maximum absolute atomic E-state index is 4.56. The monoisotopic (exact) mass is 260 g/mol. The Labute approximate surface area is 115 Å². The van der Waals surface area contributed by atoms with Gasteiger partial charge in [-0.3, -0.25) is 0 Å². The van der Waals surface area contributed by atoms with Crippen molar-refractivity contribution in [2.75, 3.05) is 31.1 Å². The summed E-state index contributed by atoms with van der Waals surface area (Å²) < 4.78 is 0. The van der Waals surface area contributed by atoms with Crippen molar-refractivity contribution in [3.63, 3.8) is 0 Å². The van der Waals surface area contributed by atoms with Gasteiger partial charge in [0.05, 0.1) is 0 Å². The van der Waals surface area contributed by atoms with Crippen LogP contribution in [0.3, 0.4) is 0 Å². The second kappa shape index (κ2) is 5.87. The lowest BCUT2D eigenvalue weighted by atomic mass is 9.96. The Bertz CT molecular complexity index is 424. The Balaban J connectivity index is 1.64. The van der Waals surface area contributed by atoms with E-state index in [0.29, 0.717) is 0 Å². The fourth-order valence-corrected chi connectivity index (χ4v) is 3.31. The summed E-state index contributed by atoms with van der Waals surface area (Å²) in [7, 11) is 0. The second-order valence-electron chi connectivity index (χ2n) is 5.71. The van der Waals surface area contributed by atoms with Crippen LogP contribution in [0, 0.1) is 5.92 Å². The summed E-state index contributed by atoms with van der Waals surface area (Å²) in [6, 6.07) is 0. The molecule has 1 aromatic rings. The Morgan fingerprint density at radius 1 is 1.26 bits per heavy atom. The van der Waals surface area contributed by atoms with Crippen molar-refractivity contribution in [3.05, 3.63) is 17.6 Å². The molecule has 0 radical (unpaired) electrons. The summed E-state index contributed by atoms with van der Waals surface area (Å²) in [5.41, 5.74) is 2.72. The van der Waals surface area contributed by atoms with Crippen molar-refractivity contribution in [3.8, 4) is 0 Å². The van der Waals surface area contributed by atoms with Crippen molar-refractivity contribution in [1.29, 1.82) is 0 Å². The van der Waals surface area contributed by atoms with Crippen LogP contribution in [0.2, 0.25) is 0 Å². The van der Waals surface area contributed by atoms with Crippen LogP contribution in [-0.2, 0) is 12.8 Å². The molecule has 0 saturated carbocycles. The minimum Gasteiger partial charge on any atom is -0.356 e. The van der Waals surface area contributed by atoms with Crippen molar-refractivity contribution < 1.29 is 0 Å². The molecule has 1 aliphatic carbocycles. The maximum Gasteiger partial charge on any atom is 0.135 e. The molecule has 3 rings (SSSR count). The van der Waals surface area contributed by atoms with Crippen LogP contribution in [0.25, 0.3) is 0 Å². The van der Waals surface area contributed by atoms with E-state index in [1.807, 2.05) is 0 Å². The van der Waals surface area contributed by atoms with Crippen LogP contribution in [0.5, 0.6) is 0 Å². The first-order valence-electron chi connectivity index (χ1n) is 7.67. The minimum absolute atomic E-state index is 0.839. The molecule has 0 unspecified atom stereocenters. The van der Waals surface area contributed by atoms with E-state index < -0.39 is 0 Å². The average molecular weight is 260 g/mol. The fraction of sp³-hybridized carbons (Fsp3) is 0.733. The standard InChI is InChI=1S/C15H24N4/c1-2-16-10-12-6-8-19(9-7-12)15-13-4-3-5-14(13)17-11-18-15/h11-12,16H,2-10H2,1H3. The molecule has 0 aromatic carbocycles. The first-order chi connectivity index (χ1) is 9.38. The van der Waals surface area contributed by atoms with Gasteiger partial charge in [-0.1, -0.05) is 6.92 Å². The largest absolute Gasteiger partial charge is 0.356 e. The van der Waals surface area contributed by atoms with Crippen LogP contribution < -0.4 is 10.2 Å². The molecule has 1 aromatic heterocycles. The highest BCUT2D eigenvalue weighted by molar-refractivity contribution is 5.50. The molecule has 2 heterocycles. The topological polar surface area (TPSA) is 41.0 Å². The van der Waals surface area contributed by atoms with Crippen LogP contribution >= 0.6 is 0 Å². The third kappa shape index (κ3) is 2.73. The highest BCUT2D eigenvalue weighted by atomic mass is 15.2. The number of rotatable bonds is 4. The van der Waals surface area contributed by atoms with Crippen LogP contribution in [-0.4, -0.2) is 36.1 Å². The van der Waals surface area contributed by atoms with Crippen molar-refractivity contribution in [2.24, 2.45) is 5.92 Å². The van der Waals surface area contributed by atoms with Crippen LogP contribution in [0.1, 0.15) is 37.4 Å². The van der Waals surface area contributed by atoms with E-state index in [1.54, 1.807) is 6.33 Å². The van der Waals surface area contributed by atoms with Gasteiger partial charge < -0.3 is 10.2 Å². The fourth-order valence-electron chi connectivity index (χ4n) is 3.31. The molecule has 1 saturated heterocycles. The third-order valence-electron chi connectivity index (χ3n) is 4.45. The quantitative estimate of drug-likeness (QED) is 0.896. The van der Waals surface area contributed by atoms with E-state index in [4.69, 9.17) is 0 Å². The molecule has 104 valence electrons. The van der Waals surface area contributed by atoms with E-state index in [1.165, 1.54) is 49.3 Å². The van der Waals surface area contributed by atoms with Crippen molar-refractivity contribution in [2.45, 2.75) is 39.0 Å². The minimum atomic E-state index is 0.839. The predicted octanol–water partition coefficient (Wildman–Crippen LogP) is 1.79. The molecule has 0 bridgehead atoms. The van der Waals surface area contributed by atoms with Gasteiger partial charge in [-0.05, 0) is 51.1 Å². The van der Waals surface area contributed by atoms with Gasteiger partial charge in [-0.25, -0.2) is 9.97 Å². The summed E-state index contributed by atoms with van der Waals surface area (Å²) >= 11 is 0. The summed E-state index contributed by atoms with van der Waals surface area (Å²) in [5.74, 6) is 2.07. The van der Waals surface area contributed by atoms with Gasteiger partial charge in [-0.2, -0.15) is 0 Å². The van der Waals surface area contributed by atoms with E-state index in [9.17, 15) is 0 Å². The van der Waals surface area contributed by atoms with Gasteiger partial charge in [-0.15, -0.1) is 0 Å². The predicted molar refractivity (Wildman–Crippen MR) is 77.5 cm³/mol. The number of hydrogen-bond donors (Lipinski definition) is 1. The zero-order valence-corrected chi connectivity index (χ0v) is 11.9. The number of anilines is 1. The molecule has 1 aliphatic heterocycles. The molecular formula is C15H24N4. The Morgan fingerprint density at radius 2 is 2.11 bits per heavy atom. The van der Waals surface area contributed by atoms with E-state index in [-0.39, 0.29) is 0 Å². The molecule has 0 spiro atoms. The molecule has 19 heavy (non-hydrogen) atoms. The number of aromatic nitrogens is 2. The second-order valence-corrected chi connectivity index (χ2v) is 5.71. The Hall–Kier alpha value is -1.16. The number of aryl methyl sites for hydroxylation is 1. The Morgan fingerprint density at radius 3 is 2.89 bits per heavy atom. The zero-order valence-electron chi connectivity index (χ0n) is 11.9. The highest BCUT2D eigenvalue weighted by Crippen LogP contribution is 2.30. The maximum atomic E-state index is 4.56. The van der Waals surface area contributed by atoms with E-state index in [0.717, 1.165) is 32.0 Å². The van der Waals surface area contributed by atoms with E-state index in [2.05, 4.69) is 27.1 Å². The van der Waals surface area contributed by atoms with Crippen LogP contribution in [0.4, 0.5) is 5.82 Å². The molecule has 4 nitrogen and oxygen atoms in total. The molecule has 0 atom stereocenters. The number of hydrogen-bond acceptors (Lipinski definition) is 4. The number of nitrogens with zero attached hydrogens (tertiary/aromatic N) is 3. The SMILES string of the molecule is CCNCC1CCN(c2ncnc3c2CCC3)CC1. The van der Waals surface area contributed by atoms with Gasteiger partial charge in [0.25, 0.3) is 0 Å². The lowest BCUT2D eigenvalue weighted by Crippen LogP contribution is -2.38. The molecule has 1 fully saturated rings. The molecule has 1 N–H and O–H groups in total. The third-order valence-corrected chi connectivity index (χ3v) is 4.45. The van der Waals surface area contributed by atoms with Gasteiger partial charge in [0.1, 0.15) is 12.1 Å². The van der Waals surface area contributed by atoms with Crippen molar-refractivity contribution >= 4 is 5.82 Å². The first-order valence-corrected chi connectivity index (χ1v) is 7.67. The lowest BCUT2D eigenvalue weighted by molar-refractivity contribution is 0.385. The number of fused-ring (bicyclic) bond motifs is 1. The molecule has 0 amide bonds. The highest BCUT2D eigenvalue weighted by Gasteiger charge is 2.24. The molecular weight excluding hydrogens is 236 g/mol.